The van der Waals surface area contributed by atoms with Crippen molar-refractivity contribution in [1.82, 2.24) is 0 Å². The summed E-state index contributed by atoms with van der Waals surface area (Å²) in [4.78, 5) is 12.0. The molecule has 0 heterocycles. The van der Waals surface area contributed by atoms with Gasteiger partial charge in [0.15, 0.2) is 0 Å². The number of ether oxygens (including phenoxy) is 2. The Hall–Kier alpha value is -1.46. The zero-order chi connectivity index (χ0) is 14.4. The van der Waals surface area contributed by atoms with Crippen molar-refractivity contribution in [3.05, 3.63) is 17.2 Å². The fourth-order valence-corrected chi connectivity index (χ4v) is 1.88. The zero-order valence-corrected chi connectivity index (χ0v) is 12.1. The van der Waals surface area contributed by atoms with Crippen molar-refractivity contribution in [2.45, 2.75) is 13.3 Å². The van der Waals surface area contributed by atoms with Crippen LogP contribution in [0.4, 0.5) is 5.69 Å². The molecule has 3 N–H and O–H groups in total. The lowest BCUT2D eigenvalue weighted by molar-refractivity contribution is -0.119. The average molecular weight is 287 g/mol. The molecule has 5 nitrogen and oxygen atoms in total. The molecule has 1 aromatic rings. The predicted molar refractivity (Wildman–Crippen MR) is 76.0 cm³/mol. The van der Waals surface area contributed by atoms with Gasteiger partial charge in [-0.2, -0.15) is 0 Å². The molecule has 0 bridgehead atoms. The molecule has 19 heavy (non-hydrogen) atoms. The third-order valence-corrected chi connectivity index (χ3v) is 3.18. The van der Waals surface area contributed by atoms with E-state index < -0.39 is 0 Å². The first kappa shape index (κ1) is 15.6. The number of anilines is 1. The molecular formula is C13H19ClN2O3. The molecule has 0 aliphatic heterocycles. The van der Waals surface area contributed by atoms with E-state index in [1.807, 2.05) is 6.92 Å². The van der Waals surface area contributed by atoms with Gasteiger partial charge in [0, 0.05) is 18.7 Å². The van der Waals surface area contributed by atoms with E-state index in [1.54, 1.807) is 12.1 Å². The maximum Gasteiger partial charge on any atom is 0.228 e. The van der Waals surface area contributed by atoms with Gasteiger partial charge in [0.2, 0.25) is 5.91 Å². The van der Waals surface area contributed by atoms with Crippen LogP contribution in [-0.4, -0.2) is 26.7 Å². The highest BCUT2D eigenvalue weighted by atomic mass is 35.5. The van der Waals surface area contributed by atoms with Crippen LogP contribution in [0.25, 0.3) is 0 Å². The lowest BCUT2D eigenvalue weighted by Crippen LogP contribution is -2.28. The molecule has 1 atom stereocenters. The molecule has 0 saturated heterocycles. The Morgan fingerprint density at radius 3 is 2.47 bits per heavy atom. The number of rotatable bonds is 6. The first-order valence-electron chi connectivity index (χ1n) is 5.99. The molecule has 0 radical (unpaired) electrons. The topological polar surface area (TPSA) is 73.6 Å². The van der Waals surface area contributed by atoms with E-state index in [4.69, 9.17) is 26.8 Å². The summed E-state index contributed by atoms with van der Waals surface area (Å²) in [5.74, 6) is 0.573. The summed E-state index contributed by atoms with van der Waals surface area (Å²) < 4.78 is 10.3. The maximum atomic E-state index is 12.0. The van der Waals surface area contributed by atoms with E-state index in [9.17, 15) is 4.79 Å². The van der Waals surface area contributed by atoms with Crippen molar-refractivity contribution in [3.8, 4) is 11.5 Å². The Morgan fingerprint density at radius 1 is 1.37 bits per heavy atom. The SMILES string of the molecule is CCC(CN)C(=O)Nc1cc(OC)c(Cl)cc1OC. The van der Waals surface area contributed by atoms with Crippen LogP contribution in [0.15, 0.2) is 12.1 Å². The predicted octanol–water partition coefficient (Wildman–Crippen LogP) is 2.28. The van der Waals surface area contributed by atoms with Crippen LogP contribution in [0.2, 0.25) is 5.02 Å². The minimum absolute atomic E-state index is 0.146. The fourth-order valence-electron chi connectivity index (χ4n) is 1.65. The van der Waals surface area contributed by atoms with Crippen molar-refractivity contribution in [2.75, 3.05) is 26.1 Å². The van der Waals surface area contributed by atoms with Crippen molar-refractivity contribution in [2.24, 2.45) is 11.7 Å². The van der Waals surface area contributed by atoms with Gasteiger partial charge in [-0.3, -0.25) is 4.79 Å². The van der Waals surface area contributed by atoms with Crippen LogP contribution in [0, 0.1) is 5.92 Å². The molecule has 106 valence electrons. The molecule has 1 unspecified atom stereocenters. The Morgan fingerprint density at radius 2 is 2.00 bits per heavy atom. The number of hydrogen-bond acceptors (Lipinski definition) is 4. The third kappa shape index (κ3) is 3.75. The van der Waals surface area contributed by atoms with Crippen molar-refractivity contribution >= 4 is 23.2 Å². The van der Waals surface area contributed by atoms with Gasteiger partial charge in [-0.25, -0.2) is 0 Å². The number of hydrogen-bond donors (Lipinski definition) is 2. The second-order valence-corrected chi connectivity index (χ2v) is 4.42. The number of nitrogens with two attached hydrogens (primary N) is 1. The molecule has 0 aliphatic carbocycles. The monoisotopic (exact) mass is 286 g/mol. The average Bonchev–Trinajstić information content (AvgIpc) is 2.41. The van der Waals surface area contributed by atoms with Crippen molar-refractivity contribution in [1.29, 1.82) is 0 Å². The zero-order valence-electron chi connectivity index (χ0n) is 11.3. The van der Waals surface area contributed by atoms with Crippen LogP contribution in [0.5, 0.6) is 11.5 Å². The first-order chi connectivity index (χ1) is 9.07. The van der Waals surface area contributed by atoms with Crippen LogP contribution in [0.1, 0.15) is 13.3 Å². The summed E-state index contributed by atoms with van der Waals surface area (Å²) in [6.07, 6.45) is 0.676. The summed E-state index contributed by atoms with van der Waals surface area (Å²) in [6, 6.07) is 3.22. The largest absolute Gasteiger partial charge is 0.495 e. The molecule has 1 amide bonds. The van der Waals surface area contributed by atoms with E-state index in [1.165, 1.54) is 14.2 Å². The van der Waals surface area contributed by atoms with Gasteiger partial charge in [-0.05, 0) is 6.42 Å². The van der Waals surface area contributed by atoms with Gasteiger partial charge in [0.1, 0.15) is 11.5 Å². The van der Waals surface area contributed by atoms with E-state index in [0.29, 0.717) is 35.2 Å². The fraction of sp³-hybridized carbons (Fsp3) is 0.462. The summed E-state index contributed by atoms with van der Waals surface area (Å²) in [5, 5.41) is 3.20. The minimum atomic E-state index is -0.230. The second kappa shape index (κ2) is 7.21. The minimum Gasteiger partial charge on any atom is -0.495 e. The normalized spacial score (nSPS) is 11.8. The highest BCUT2D eigenvalue weighted by Crippen LogP contribution is 2.36. The Kier molecular flexibility index (Phi) is 5.92. The molecule has 0 aliphatic rings. The Labute approximate surface area is 118 Å². The van der Waals surface area contributed by atoms with Crippen LogP contribution in [0.3, 0.4) is 0 Å². The lowest BCUT2D eigenvalue weighted by atomic mass is 10.1. The Balaban J connectivity index is 3.02. The summed E-state index contributed by atoms with van der Waals surface area (Å²) in [6.45, 7) is 2.21. The van der Waals surface area contributed by atoms with E-state index in [0.717, 1.165) is 0 Å². The van der Waals surface area contributed by atoms with E-state index >= 15 is 0 Å². The summed E-state index contributed by atoms with van der Waals surface area (Å²) in [5.41, 5.74) is 6.07. The lowest BCUT2D eigenvalue weighted by Gasteiger charge is -2.16. The highest BCUT2D eigenvalue weighted by Gasteiger charge is 2.18. The molecule has 1 aromatic carbocycles. The molecule has 0 saturated carbocycles. The summed E-state index contributed by atoms with van der Waals surface area (Å²) >= 11 is 6.00. The number of halogens is 1. The van der Waals surface area contributed by atoms with Gasteiger partial charge in [-0.1, -0.05) is 18.5 Å². The standard InChI is InChI=1S/C13H19ClN2O3/c1-4-8(7-15)13(17)16-10-6-11(18-2)9(14)5-12(10)19-3/h5-6,8H,4,7,15H2,1-3H3,(H,16,17). The maximum absolute atomic E-state index is 12.0. The number of methoxy groups -OCH3 is 2. The smallest absolute Gasteiger partial charge is 0.228 e. The van der Waals surface area contributed by atoms with Gasteiger partial charge in [-0.15, -0.1) is 0 Å². The van der Waals surface area contributed by atoms with Crippen LogP contribution < -0.4 is 20.5 Å². The third-order valence-electron chi connectivity index (χ3n) is 2.88. The summed E-state index contributed by atoms with van der Waals surface area (Å²) in [7, 11) is 3.02. The molecule has 6 heteroatoms. The van der Waals surface area contributed by atoms with Crippen molar-refractivity contribution in [3.63, 3.8) is 0 Å². The quantitative estimate of drug-likeness (QED) is 0.841. The van der Waals surface area contributed by atoms with E-state index in [2.05, 4.69) is 5.32 Å². The van der Waals surface area contributed by atoms with Gasteiger partial charge in [0.05, 0.1) is 30.8 Å². The second-order valence-electron chi connectivity index (χ2n) is 4.02. The van der Waals surface area contributed by atoms with Crippen LogP contribution in [-0.2, 0) is 4.79 Å². The number of nitrogens with one attached hydrogen (secondary N) is 1. The molecular weight excluding hydrogens is 268 g/mol. The molecule has 0 spiro atoms. The molecule has 0 aromatic heterocycles. The van der Waals surface area contributed by atoms with Gasteiger partial charge in [0.25, 0.3) is 0 Å². The number of carbonyl (C=O) groups excluding carboxylic acids is 1. The van der Waals surface area contributed by atoms with Crippen molar-refractivity contribution < 1.29 is 14.3 Å². The highest BCUT2D eigenvalue weighted by molar-refractivity contribution is 6.32. The molecule has 0 fully saturated rings. The van der Waals surface area contributed by atoms with Gasteiger partial charge >= 0.3 is 0 Å². The Bertz CT molecular complexity index is 448. The first-order valence-corrected chi connectivity index (χ1v) is 6.37. The number of amides is 1. The molecule has 1 rings (SSSR count). The van der Waals surface area contributed by atoms with E-state index in [-0.39, 0.29) is 11.8 Å². The van der Waals surface area contributed by atoms with Gasteiger partial charge < -0.3 is 20.5 Å². The number of benzene rings is 1. The van der Waals surface area contributed by atoms with Crippen LogP contribution >= 0.6 is 11.6 Å². The number of carbonyl (C=O) groups is 1.